The lowest BCUT2D eigenvalue weighted by Gasteiger charge is -2.22. The Labute approximate surface area is 462 Å². The maximum atomic E-state index is 12.5. The van der Waals surface area contributed by atoms with E-state index in [9.17, 15) is 19.8 Å². The molecule has 2 unspecified atom stereocenters. The van der Waals surface area contributed by atoms with Crippen molar-refractivity contribution >= 4 is 11.9 Å². The second kappa shape index (κ2) is 63.6. The summed E-state index contributed by atoms with van der Waals surface area (Å²) in [4.78, 5) is 24.6. The van der Waals surface area contributed by atoms with Crippen LogP contribution in [0.1, 0.15) is 361 Å². The highest BCUT2D eigenvalue weighted by Gasteiger charge is 2.20. The van der Waals surface area contributed by atoms with Crippen LogP contribution in [0, 0.1) is 0 Å². The van der Waals surface area contributed by atoms with E-state index in [2.05, 4.69) is 55.6 Å². The largest absolute Gasteiger partial charge is 0.466 e. The van der Waals surface area contributed by atoms with Crippen LogP contribution >= 0.6 is 0 Å². The zero-order valence-electron chi connectivity index (χ0n) is 49.8. The molecule has 0 radical (unpaired) electrons. The zero-order valence-corrected chi connectivity index (χ0v) is 49.8. The molecule has 2 atom stereocenters. The molecule has 6 nitrogen and oxygen atoms in total. The number of hydrogen-bond donors (Lipinski definition) is 3. The number of unbranched alkanes of at least 4 members (excludes halogenated alkanes) is 45. The molecule has 74 heavy (non-hydrogen) atoms. The molecule has 0 aliphatic heterocycles. The first-order valence-corrected chi connectivity index (χ1v) is 33.2. The van der Waals surface area contributed by atoms with Gasteiger partial charge in [-0.2, -0.15) is 0 Å². The lowest BCUT2D eigenvalue weighted by atomic mass is 10.0. The van der Waals surface area contributed by atoms with Gasteiger partial charge in [-0.05, 0) is 77.0 Å². The minimum absolute atomic E-state index is 0.00597. The molecule has 0 aliphatic carbocycles. The maximum absolute atomic E-state index is 12.5. The van der Waals surface area contributed by atoms with Gasteiger partial charge in [-0.25, -0.2) is 0 Å². The van der Waals surface area contributed by atoms with Gasteiger partial charge in [0.2, 0.25) is 5.91 Å². The fourth-order valence-corrected chi connectivity index (χ4v) is 10.3. The number of nitrogens with one attached hydrogen (secondary N) is 1. The number of hydrogen-bond acceptors (Lipinski definition) is 5. The van der Waals surface area contributed by atoms with Crippen LogP contribution < -0.4 is 5.32 Å². The number of carbonyl (C=O) groups is 2. The van der Waals surface area contributed by atoms with E-state index in [0.717, 1.165) is 51.4 Å². The summed E-state index contributed by atoms with van der Waals surface area (Å²) in [5.74, 6) is -0.0456. The maximum Gasteiger partial charge on any atom is 0.305 e. The number of ether oxygens (including phenoxy) is 1. The first-order chi connectivity index (χ1) is 36.5. The normalized spacial score (nSPS) is 12.8. The van der Waals surface area contributed by atoms with E-state index in [-0.39, 0.29) is 18.5 Å². The molecule has 0 bridgehead atoms. The highest BCUT2D eigenvalue weighted by molar-refractivity contribution is 5.76. The van der Waals surface area contributed by atoms with Crippen molar-refractivity contribution in [2.45, 2.75) is 373 Å². The van der Waals surface area contributed by atoms with Gasteiger partial charge in [0, 0.05) is 12.8 Å². The number of allylic oxidation sites excluding steroid dienone is 6. The molecule has 0 heterocycles. The Hall–Kier alpha value is -1.92. The third-order valence-corrected chi connectivity index (χ3v) is 15.4. The number of aliphatic hydroxyl groups is 2. The van der Waals surface area contributed by atoms with Crippen LogP contribution in [0.4, 0.5) is 0 Å². The van der Waals surface area contributed by atoms with Crippen LogP contribution in [-0.2, 0) is 14.3 Å². The van der Waals surface area contributed by atoms with Crippen molar-refractivity contribution in [2.24, 2.45) is 0 Å². The summed E-state index contributed by atoms with van der Waals surface area (Å²) in [6, 6.07) is -0.549. The summed E-state index contributed by atoms with van der Waals surface area (Å²) in [6.45, 7) is 4.92. The smallest absolute Gasteiger partial charge is 0.305 e. The molecule has 0 rings (SSSR count). The number of carbonyl (C=O) groups excluding carboxylic acids is 2. The molecule has 0 aliphatic rings. The van der Waals surface area contributed by atoms with Crippen LogP contribution in [0.3, 0.4) is 0 Å². The van der Waals surface area contributed by atoms with Gasteiger partial charge in [0.15, 0.2) is 0 Å². The summed E-state index contributed by atoms with van der Waals surface area (Å²) in [5.41, 5.74) is 0. The molecule has 3 N–H and O–H groups in total. The van der Waals surface area contributed by atoms with Crippen molar-refractivity contribution in [1.29, 1.82) is 0 Å². The molecule has 0 aromatic carbocycles. The van der Waals surface area contributed by atoms with Crippen molar-refractivity contribution in [2.75, 3.05) is 13.2 Å². The van der Waals surface area contributed by atoms with Crippen LogP contribution in [-0.4, -0.2) is 47.4 Å². The molecule has 0 aromatic heterocycles. The van der Waals surface area contributed by atoms with E-state index < -0.39 is 12.1 Å². The van der Waals surface area contributed by atoms with Crippen LogP contribution in [0.5, 0.6) is 0 Å². The van der Waals surface area contributed by atoms with Crippen LogP contribution in [0.2, 0.25) is 0 Å². The fourth-order valence-electron chi connectivity index (χ4n) is 10.3. The van der Waals surface area contributed by atoms with Gasteiger partial charge >= 0.3 is 5.97 Å². The lowest BCUT2D eigenvalue weighted by Crippen LogP contribution is -2.45. The van der Waals surface area contributed by atoms with Crippen LogP contribution in [0.25, 0.3) is 0 Å². The second-order valence-electron chi connectivity index (χ2n) is 22.8. The van der Waals surface area contributed by atoms with Crippen molar-refractivity contribution in [3.8, 4) is 0 Å². The Kier molecular flexibility index (Phi) is 62.0. The Balaban J connectivity index is 3.43. The molecule has 1 amide bonds. The first-order valence-electron chi connectivity index (χ1n) is 33.2. The van der Waals surface area contributed by atoms with Gasteiger partial charge in [-0.1, -0.05) is 307 Å². The third kappa shape index (κ3) is 59.3. The molecule has 436 valence electrons. The van der Waals surface area contributed by atoms with Gasteiger partial charge < -0.3 is 20.3 Å². The van der Waals surface area contributed by atoms with Crippen LogP contribution in [0.15, 0.2) is 36.5 Å². The summed E-state index contributed by atoms with van der Waals surface area (Å²) < 4.78 is 5.47. The van der Waals surface area contributed by atoms with E-state index in [4.69, 9.17) is 4.74 Å². The highest BCUT2D eigenvalue weighted by atomic mass is 16.5. The number of amides is 1. The Morgan fingerprint density at radius 3 is 1.08 bits per heavy atom. The predicted molar refractivity (Wildman–Crippen MR) is 324 cm³/mol. The second-order valence-corrected chi connectivity index (χ2v) is 22.8. The number of rotatable bonds is 62. The minimum atomic E-state index is -0.671. The molecule has 0 saturated heterocycles. The van der Waals surface area contributed by atoms with Crippen molar-refractivity contribution in [3.05, 3.63) is 36.5 Å². The topological polar surface area (TPSA) is 95.9 Å². The summed E-state index contributed by atoms with van der Waals surface area (Å²) in [6.07, 6.45) is 80.2. The van der Waals surface area contributed by atoms with Gasteiger partial charge in [0.05, 0.1) is 25.4 Å². The van der Waals surface area contributed by atoms with Crippen molar-refractivity contribution in [1.82, 2.24) is 5.32 Å². The molecule has 0 fully saturated rings. The van der Waals surface area contributed by atoms with E-state index in [0.29, 0.717) is 25.9 Å². The standard InChI is InChI=1S/C68H129NO5/c1-3-5-7-9-11-13-15-17-19-20-21-22-24-27-30-33-36-40-44-48-52-56-60-66(71)65(64-70)69-67(72)61-57-53-49-45-41-37-34-31-28-25-23-26-29-32-35-39-43-47-51-55-59-63-74-68(73)62-58-54-50-46-42-38-18-16-14-12-10-8-6-4-2/h10,12,16,18,25,28,65-66,70-71H,3-9,11,13-15,17,19-24,26-27,29-64H2,1-2H3,(H,69,72)/b12-10-,18-16-,28-25-. The van der Waals surface area contributed by atoms with E-state index in [1.165, 1.54) is 276 Å². The monoisotopic (exact) mass is 1040 g/mol. The van der Waals surface area contributed by atoms with Gasteiger partial charge in [0.25, 0.3) is 0 Å². The van der Waals surface area contributed by atoms with Crippen molar-refractivity contribution in [3.63, 3.8) is 0 Å². The summed E-state index contributed by atoms with van der Waals surface area (Å²) in [7, 11) is 0. The molecular formula is C68H129NO5. The Morgan fingerprint density at radius 2 is 0.689 bits per heavy atom. The lowest BCUT2D eigenvalue weighted by molar-refractivity contribution is -0.143. The van der Waals surface area contributed by atoms with E-state index in [1.807, 2.05) is 0 Å². The molecular weight excluding hydrogens is 911 g/mol. The highest BCUT2D eigenvalue weighted by Crippen LogP contribution is 2.18. The molecule has 0 aromatic rings. The number of aliphatic hydroxyl groups excluding tert-OH is 2. The third-order valence-electron chi connectivity index (χ3n) is 15.4. The minimum Gasteiger partial charge on any atom is -0.466 e. The van der Waals surface area contributed by atoms with Gasteiger partial charge in [-0.3, -0.25) is 9.59 Å². The SMILES string of the molecule is CCCC/C=C\C/C=C\CCCCCCCC(=O)OCCCCCCCCCCCC/C=C\CCCCCCCCCC(=O)NC(CO)C(O)CCCCCCCCCCCCCCCCCCCCCCCC. The molecule has 0 spiro atoms. The Morgan fingerprint density at radius 1 is 0.378 bits per heavy atom. The predicted octanol–water partition coefficient (Wildman–Crippen LogP) is 21.1. The quantitative estimate of drug-likeness (QED) is 0.0320. The van der Waals surface area contributed by atoms with Gasteiger partial charge in [0.1, 0.15) is 0 Å². The summed E-state index contributed by atoms with van der Waals surface area (Å²) in [5, 5.41) is 23.4. The van der Waals surface area contributed by atoms with Gasteiger partial charge in [-0.15, -0.1) is 0 Å². The van der Waals surface area contributed by atoms with E-state index in [1.54, 1.807) is 0 Å². The summed E-state index contributed by atoms with van der Waals surface area (Å²) >= 11 is 0. The zero-order chi connectivity index (χ0) is 53.6. The first kappa shape index (κ1) is 72.1. The molecule has 0 saturated carbocycles. The fraction of sp³-hybridized carbons (Fsp3) is 0.882. The Bertz CT molecular complexity index is 1200. The number of esters is 1. The van der Waals surface area contributed by atoms with E-state index >= 15 is 0 Å². The van der Waals surface area contributed by atoms with Crippen molar-refractivity contribution < 1.29 is 24.5 Å². The average Bonchev–Trinajstić information content (AvgIpc) is 3.40. The molecule has 6 heteroatoms. The average molecular weight is 1040 g/mol.